The minimum Gasteiger partial charge on any atom is -0.362 e. The van der Waals surface area contributed by atoms with Crippen molar-refractivity contribution in [2.75, 3.05) is 0 Å². The highest BCUT2D eigenvalue weighted by Gasteiger charge is 2.24. The van der Waals surface area contributed by atoms with Gasteiger partial charge in [-0.15, -0.1) is 0 Å². The molecule has 5 nitrogen and oxygen atoms in total. The van der Waals surface area contributed by atoms with Crippen LogP contribution in [0.25, 0.3) is 11.4 Å². The second-order valence-electron chi connectivity index (χ2n) is 5.54. The number of aromatic nitrogens is 3. The Hall–Kier alpha value is -2.27. The lowest BCUT2D eigenvalue weighted by Crippen LogP contribution is -2.27. The SMILES string of the molecule is O=c1c2c[nH]c3c(n-2c(=O)n1-c1cccc(Cl)c1)CCCC3. The monoisotopic (exact) mass is 315 g/mol. The third-order valence-electron chi connectivity index (χ3n) is 4.20. The van der Waals surface area contributed by atoms with Crippen molar-refractivity contribution in [2.24, 2.45) is 0 Å². The number of halogens is 1. The van der Waals surface area contributed by atoms with Gasteiger partial charge in [-0.25, -0.2) is 9.36 Å². The van der Waals surface area contributed by atoms with Crippen LogP contribution in [0.15, 0.2) is 40.1 Å². The molecule has 0 fully saturated rings. The van der Waals surface area contributed by atoms with Crippen LogP contribution in [0.2, 0.25) is 5.02 Å². The van der Waals surface area contributed by atoms with Gasteiger partial charge in [-0.3, -0.25) is 9.36 Å². The number of imidazole rings is 1. The van der Waals surface area contributed by atoms with Gasteiger partial charge < -0.3 is 4.98 Å². The van der Waals surface area contributed by atoms with Crippen LogP contribution in [0.3, 0.4) is 0 Å². The fraction of sp³-hybridized carbons (Fsp3) is 0.250. The van der Waals surface area contributed by atoms with Gasteiger partial charge in [-0.05, 0) is 43.9 Å². The van der Waals surface area contributed by atoms with Crippen LogP contribution in [0.1, 0.15) is 24.2 Å². The van der Waals surface area contributed by atoms with Gasteiger partial charge >= 0.3 is 5.69 Å². The molecule has 3 aliphatic rings. The molecule has 1 N–H and O–H groups in total. The number of nitrogens with zero attached hydrogens (tertiary/aromatic N) is 2. The molecule has 1 aromatic carbocycles. The molecule has 2 heterocycles. The maximum Gasteiger partial charge on any atom is 0.340 e. The molecule has 0 bridgehead atoms. The molecule has 1 aliphatic carbocycles. The smallest absolute Gasteiger partial charge is 0.340 e. The average Bonchev–Trinajstić information content (AvgIpc) is 2.79. The fourth-order valence-corrected chi connectivity index (χ4v) is 3.36. The number of aryl methyl sites for hydroxylation is 1. The Morgan fingerprint density at radius 2 is 1.91 bits per heavy atom. The molecular weight excluding hydrogens is 302 g/mol. The fourth-order valence-electron chi connectivity index (χ4n) is 3.18. The summed E-state index contributed by atoms with van der Waals surface area (Å²) in [6.45, 7) is 0. The number of nitrogens with one attached hydrogen (secondary N) is 1. The summed E-state index contributed by atoms with van der Waals surface area (Å²) in [6, 6.07) is 6.78. The summed E-state index contributed by atoms with van der Waals surface area (Å²) >= 11 is 5.98. The number of rotatable bonds is 1. The van der Waals surface area contributed by atoms with E-state index in [1.54, 1.807) is 35.0 Å². The van der Waals surface area contributed by atoms with Gasteiger partial charge in [0.05, 0.1) is 5.69 Å². The lowest BCUT2D eigenvalue weighted by Gasteiger charge is -2.18. The minimum absolute atomic E-state index is 0.322. The van der Waals surface area contributed by atoms with Crippen LogP contribution in [-0.2, 0) is 12.8 Å². The van der Waals surface area contributed by atoms with E-state index < -0.39 is 0 Å². The van der Waals surface area contributed by atoms with Crippen LogP contribution in [0.5, 0.6) is 0 Å². The van der Waals surface area contributed by atoms with Crippen LogP contribution in [0, 0.1) is 0 Å². The highest BCUT2D eigenvalue weighted by molar-refractivity contribution is 6.30. The van der Waals surface area contributed by atoms with E-state index >= 15 is 0 Å². The summed E-state index contributed by atoms with van der Waals surface area (Å²) in [5.41, 5.74) is 2.20. The van der Waals surface area contributed by atoms with Crippen molar-refractivity contribution >= 4 is 11.6 Å². The standard InChI is InChI=1S/C16H14ClN3O2/c17-10-4-3-5-11(8-10)19-15(21)14-9-18-12-6-1-2-7-13(12)20(14)16(19)22/h3-5,8-9,18H,1-2,6-7H2. The zero-order valence-electron chi connectivity index (χ0n) is 11.8. The van der Waals surface area contributed by atoms with E-state index in [1.165, 1.54) is 4.57 Å². The topological polar surface area (TPSA) is 59.8 Å². The van der Waals surface area contributed by atoms with E-state index in [0.717, 1.165) is 37.1 Å². The Bertz CT molecular complexity index is 951. The van der Waals surface area contributed by atoms with Gasteiger partial charge in [0, 0.05) is 22.6 Å². The van der Waals surface area contributed by atoms with E-state index in [1.807, 2.05) is 0 Å². The number of hydrogen-bond acceptors (Lipinski definition) is 2. The molecule has 0 saturated carbocycles. The first-order valence-electron chi connectivity index (χ1n) is 7.29. The minimum atomic E-state index is -0.325. The predicted molar refractivity (Wildman–Crippen MR) is 84.8 cm³/mol. The van der Waals surface area contributed by atoms with Gasteiger partial charge in [0.2, 0.25) is 0 Å². The molecule has 2 aliphatic heterocycles. The molecule has 0 amide bonds. The molecule has 0 unspecified atom stereocenters. The largest absolute Gasteiger partial charge is 0.362 e. The Morgan fingerprint density at radius 1 is 1.09 bits per heavy atom. The quantitative estimate of drug-likeness (QED) is 0.749. The van der Waals surface area contributed by atoms with Gasteiger partial charge in [0.25, 0.3) is 5.56 Å². The summed E-state index contributed by atoms with van der Waals surface area (Å²) in [7, 11) is 0. The number of fused-ring (bicyclic) bond motifs is 3. The normalized spacial score (nSPS) is 14.2. The second-order valence-corrected chi connectivity index (χ2v) is 5.98. The highest BCUT2D eigenvalue weighted by atomic mass is 35.5. The van der Waals surface area contributed by atoms with E-state index in [4.69, 9.17) is 11.6 Å². The molecule has 6 heteroatoms. The molecule has 4 rings (SSSR count). The second kappa shape index (κ2) is 4.88. The Kier molecular flexibility index (Phi) is 2.97. The zero-order valence-corrected chi connectivity index (χ0v) is 12.6. The summed E-state index contributed by atoms with van der Waals surface area (Å²) in [5, 5.41) is 0.493. The third-order valence-corrected chi connectivity index (χ3v) is 4.44. The molecule has 112 valence electrons. The van der Waals surface area contributed by atoms with Crippen molar-refractivity contribution in [1.82, 2.24) is 14.1 Å². The van der Waals surface area contributed by atoms with Crippen LogP contribution >= 0.6 is 11.6 Å². The maximum atomic E-state index is 12.8. The lowest BCUT2D eigenvalue weighted by atomic mass is 10.00. The molecule has 22 heavy (non-hydrogen) atoms. The van der Waals surface area contributed by atoms with Crippen molar-refractivity contribution in [3.8, 4) is 11.4 Å². The molecule has 0 radical (unpaired) electrons. The molecule has 0 atom stereocenters. The first-order chi connectivity index (χ1) is 10.7. The number of H-pyrrole nitrogens is 1. The predicted octanol–water partition coefficient (Wildman–Crippen LogP) is 2.29. The van der Waals surface area contributed by atoms with Crippen LogP contribution < -0.4 is 11.2 Å². The number of benzene rings is 1. The molecule has 0 spiro atoms. The first kappa shape index (κ1) is 13.4. The van der Waals surface area contributed by atoms with E-state index in [2.05, 4.69) is 4.98 Å². The molecular formula is C16H14ClN3O2. The van der Waals surface area contributed by atoms with Gasteiger partial charge in [-0.1, -0.05) is 17.7 Å². The van der Waals surface area contributed by atoms with E-state index in [-0.39, 0.29) is 11.2 Å². The molecule has 0 aromatic heterocycles. The van der Waals surface area contributed by atoms with Crippen LogP contribution in [0.4, 0.5) is 0 Å². The Labute approximate surface area is 131 Å². The van der Waals surface area contributed by atoms with Gasteiger partial charge in [0.15, 0.2) is 0 Å². The van der Waals surface area contributed by atoms with Crippen molar-refractivity contribution in [1.29, 1.82) is 0 Å². The van der Waals surface area contributed by atoms with Crippen molar-refractivity contribution in [3.63, 3.8) is 0 Å². The lowest BCUT2D eigenvalue weighted by molar-refractivity contribution is 0.625. The first-order valence-corrected chi connectivity index (χ1v) is 7.67. The van der Waals surface area contributed by atoms with E-state index in [0.29, 0.717) is 16.4 Å². The van der Waals surface area contributed by atoms with Crippen molar-refractivity contribution < 1.29 is 0 Å². The average molecular weight is 316 g/mol. The molecule has 1 aromatic rings. The van der Waals surface area contributed by atoms with Crippen LogP contribution in [-0.4, -0.2) is 14.1 Å². The van der Waals surface area contributed by atoms with Crippen molar-refractivity contribution in [3.05, 3.63) is 67.7 Å². The summed E-state index contributed by atoms with van der Waals surface area (Å²) in [6.07, 6.45) is 5.48. The Balaban J connectivity index is 2.07. The maximum absolute atomic E-state index is 12.8. The van der Waals surface area contributed by atoms with Gasteiger partial charge in [-0.2, -0.15) is 0 Å². The Morgan fingerprint density at radius 3 is 2.73 bits per heavy atom. The summed E-state index contributed by atoms with van der Waals surface area (Å²) < 4.78 is 2.73. The third kappa shape index (κ3) is 1.85. The summed E-state index contributed by atoms with van der Waals surface area (Å²) in [4.78, 5) is 28.6. The van der Waals surface area contributed by atoms with E-state index in [9.17, 15) is 9.59 Å². The number of aromatic amines is 1. The number of hydrogen-bond donors (Lipinski definition) is 1. The van der Waals surface area contributed by atoms with Gasteiger partial charge in [0.1, 0.15) is 5.69 Å². The highest BCUT2D eigenvalue weighted by Crippen LogP contribution is 2.21. The summed E-state index contributed by atoms with van der Waals surface area (Å²) in [5.74, 6) is 0. The molecule has 0 saturated heterocycles. The van der Waals surface area contributed by atoms with Crippen molar-refractivity contribution in [2.45, 2.75) is 25.7 Å². The zero-order chi connectivity index (χ0) is 15.3.